The molecule has 13 heavy (non-hydrogen) atoms. The van der Waals surface area contributed by atoms with Gasteiger partial charge in [0.05, 0.1) is 3.79 Å². The van der Waals surface area contributed by atoms with Crippen molar-refractivity contribution in [1.29, 1.82) is 0 Å². The molecule has 0 radical (unpaired) electrons. The van der Waals surface area contributed by atoms with E-state index in [1.165, 1.54) is 19.8 Å². The molecular formula is C11H9BrS. The van der Waals surface area contributed by atoms with Crippen molar-refractivity contribution in [3.63, 3.8) is 0 Å². The minimum atomic E-state index is 1.18. The third kappa shape index (κ3) is 2.01. The highest BCUT2D eigenvalue weighted by Crippen LogP contribution is 2.31. The van der Waals surface area contributed by atoms with Gasteiger partial charge in [-0.05, 0) is 40.5 Å². The van der Waals surface area contributed by atoms with Crippen molar-refractivity contribution in [3.05, 3.63) is 45.7 Å². The highest BCUT2D eigenvalue weighted by Gasteiger charge is 2.00. The van der Waals surface area contributed by atoms with Crippen molar-refractivity contribution in [2.75, 3.05) is 0 Å². The lowest BCUT2D eigenvalue weighted by Gasteiger charge is -1.97. The zero-order valence-electron chi connectivity index (χ0n) is 7.25. The quantitative estimate of drug-likeness (QED) is 0.702. The zero-order valence-corrected chi connectivity index (χ0v) is 9.65. The van der Waals surface area contributed by atoms with E-state index in [0.29, 0.717) is 0 Å². The number of benzene rings is 1. The Bertz CT molecular complexity index is 418. The Balaban J connectivity index is 2.46. The molecule has 0 aliphatic rings. The predicted octanol–water partition coefficient (Wildman–Crippen LogP) is 4.49. The predicted molar refractivity (Wildman–Crippen MR) is 62.2 cm³/mol. The lowest BCUT2D eigenvalue weighted by atomic mass is 10.1. The van der Waals surface area contributed by atoms with Gasteiger partial charge in [0.15, 0.2) is 0 Å². The summed E-state index contributed by atoms with van der Waals surface area (Å²) in [5.41, 5.74) is 2.61. The molecule has 0 nitrogen and oxygen atoms in total. The van der Waals surface area contributed by atoms with Gasteiger partial charge < -0.3 is 0 Å². The maximum Gasteiger partial charge on any atom is 0.0705 e. The molecule has 0 bridgehead atoms. The zero-order chi connectivity index (χ0) is 9.26. The monoisotopic (exact) mass is 252 g/mol. The second-order valence-corrected chi connectivity index (χ2v) is 5.44. The first-order valence-corrected chi connectivity index (χ1v) is 5.69. The molecule has 0 unspecified atom stereocenters. The van der Waals surface area contributed by atoms with Gasteiger partial charge in [0.1, 0.15) is 0 Å². The summed E-state index contributed by atoms with van der Waals surface area (Å²) in [7, 11) is 0. The Morgan fingerprint density at radius 3 is 2.62 bits per heavy atom. The number of aryl methyl sites for hydroxylation is 1. The summed E-state index contributed by atoms with van der Waals surface area (Å²) in [5, 5.41) is 0. The maximum absolute atomic E-state index is 3.47. The lowest BCUT2D eigenvalue weighted by Crippen LogP contribution is -1.73. The fourth-order valence-corrected chi connectivity index (χ4v) is 2.65. The van der Waals surface area contributed by atoms with Crippen LogP contribution in [0.3, 0.4) is 0 Å². The molecule has 2 rings (SSSR count). The lowest BCUT2D eigenvalue weighted by molar-refractivity contribution is 1.48. The van der Waals surface area contributed by atoms with Crippen LogP contribution in [-0.4, -0.2) is 0 Å². The molecule has 2 heteroatoms. The van der Waals surface area contributed by atoms with Crippen LogP contribution in [0.5, 0.6) is 0 Å². The summed E-state index contributed by atoms with van der Waals surface area (Å²) in [6.07, 6.45) is 0. The summed E-state index contributed by atoms with van der Waals surface area (Å²) in [5.74, 6) is 0. The van der Waals surface area contributed by atoms with Crippen LogP contribution in [0.25, 0.3) is 10.4 Å². The van der Waals surface area contributed by atoms with E-state index in [1.54, 1.807) is 11.3 Å². The molecule has 0 aliphatic heterocycles. The molecule has 0 spiro atoms. The van der Waals surface area contributed by atoms with Gasteiger partial charge in [0.2, 0.25) is 0 Å². The van der Waals surface area contributed by atoms with Gasteiger partial charge in [0, 0.05) is 4.88 Å². The van der Waals surface area contributed by atoms with Crippen LogP contribution in [0, 0.1) is 6.92 Å². The van der Waals surface area contributed by atoms with Crippen molar-refractivity contribution in [2.45, 2.75) is 6.92 Å². The first-order valence-electron chi connectivity index (χ1n) is 4.08. The van der Waals surface area contributed by atoms with Crippen LogP contribution in [0.4, 0.5) is 0 Å². The fourth-order valence-electron chi connectivity index (χ4n) is 1.27. The second-order valence-electron chi connectivity index (χ2n) is 2.97. The van der Waals surface area contributed by atoms with Gasteiger partial charge in [-0.2, -0.15) is 0 Å². The highest BCUT2D eigenvalue weighted by molar-refractivity contribution is 9.11. The number of rotatable bonds is 1. The molecule has 0 atom stereocenters. The topological polar surface area (TPSA) is 0 Å². The van der Waals surface area contributed by atoms with Crippen LogP contribution < -0.4 is 0 Å². The van der Waals surface area contributed by atoms with Crippen molar-refractivity contribution >= 4 is 27.3 Å². The second kappa shape index (κ2) is 3.64. The summed E-state index contributed by atoms with van der Waals surface area (Å²) < 4.78 is 1.18. The first kappa shape index (κ1) is 8.97. The molecular weight excluding hydrogens is 244 g/mol. The summed E-state index contributed by atoms with van der Waals surface area (Å²) >= 11 is 5.23. The van der Waals surface area contributed by atoms with Crippen LogP contribution in [0.2, 0.25) is 0 Å². The van der Waals surface area contributed by atoms with Gasteiger partial charge in [-0.3, -0.25) is 0 Å². The Morgan fingerprint density at radius 1 is 1.15 bits per heavy atom. The van der Waals surface area contributed by atoms with Gasteiger partial charge in [-0.15, -0.1) is 11.3 Å². The van der Waals surface area contributed by atoms with Crippen LogP contribution in [-0.2, 0) is 0 Å². The summed E-state index contributed by atoms with van der Waals surface area (Å²) in [4.78, 5) is 1.32. The van der Waals surface area contributed by atoms with E-state index in [2.05, 4.69) is 59.3 Å². The number of thiophene rings is 1. The van der Waals surface area contributed by atoms with E-state index in [1.807, 2.05) is 0 Å². The molecule has 2 aromatic rings. The van der Waals surface area contributed by atoms with Crippen molar-refractivity contribution < 1.29 is 0 Å². The Labute approximate surface area is 90.4 Å². The summed E-state index contributed by atoms with van der Waals surface area (Å²) in [6.45, 7) is 2.12. The minimum absolute atomic E-state index is 1.18. The van der Waals surface area contributed by atoms with Crippen LogP contribution in [0.1, 0.15) is 5.56 Å². The smallest absolute Gasteiger partial charge is 0.0705 e. The SMILES string of the molecule is Cc1cccc(-c2ccc(Br)s2)c1. The molecule has 1 heterocycles. The van der Waals surface area contributed by atoms with Crippen molar-refractivity contribution in [1.82, 2.24) is 0 Å². The molecule has 66 valence electrons. The minimum Gasteiger partial charge on any atom is -0.128 e. The summed E-state index contributed by atoms with van der Waals surface area (Å²) in [6, 6.07) is 12.8. The molecule has 0 N–H and O–H groups in total. The average molecular weight is 253 g/mol. The van der Waals surface area contributed by atoms with E-state index in [0.717, 1.165) is 0 Å². The number of hydrogen-bond donors (Lipinski definition) is 0. The normalized spacial score (nSPS) is 10.3. The number of hydrogen-bond acceptors (Lipinski definition) is 1. The standard InChI is InChI=1S/C11H9BrS/c1-8-3-2-4-9(7-8)10-5-6-11(12)13-10/h2-7H,1H3. The highest BCUT2D eigenvalue weighted by atomic mass is 79.9. The van der Waals surface area contributed by atoms with Crippen molar-refractivity contribution in [3.8, 4) is 10.4 Å². The molecule has 0 amide bonds. The van der Waals surface area contributed by atoms with Gasteiger partial charge in [-0.25, -0.2) is 0 Å². The van der Waals surface area contributed by atoms with Crippen LogP contribution >= 0.6 is 27.3 Å². The van der Waals surface area contributed by atoms with E-state index < -0.39 is 0 Å². The molecule has 1 aromatic heterocycles. The first-order chi connectivity index (χ1) is 6.25. The van der Waals surface area contributed by atoms with E-state index in [4.69, 9.17) is 0 Å². The molecule has 0 saturated heterocycles. The van der Waals surface area contributed by atoms with E-state index in [-0.39, 0.29) is 0 Å². The van der Waals surface area contributed by atoms with Crippen LogP contribution in [0.15, 0.2) is 40.2 Å². The largest absolute Gasteiger partial charge is 0.128 e. The van der Waals surface area contributed by atoms with Crippen molar-refractivity contribution in [2.24, 2.45) is 0 Å². The van der Waals surface area contributed by atoms with Gasteiger partial charge >= 0.3 is 0 Å². The van der Waals surface area contributed by atoms with Gasteiger partial charge in [-0.1, -0.05) is 29.8 Å². The third-order valence-corrected chi connectivity index (χ3v) is 3.55. The maximum atomic E-state index is 3.47. The Kier molecular flexibility index (Phi) is 2.51. The van der Waals surface area contributed by atoms with Gasteiger partial charge in [0.25, 0.3) is 0 Å². The average Bonchev–Trinajstić information content (AvgIpc) is 2.52. The molecule has 1 aromatic carbocycles. The molecule has 0 saturated carbocycles. The molecule has 0 aliphatic carbocycles. The third-order valence-electron chi connectivity index (χ3n) is 1.88. The number of halogens is 1. The Hall–Kier alpha value is -0.600. The molecule has 0 fully saturated rings. The Morgan fingerprint density at radius 2 is 2.00 bits per heavy atom. The fraction of sp³-hybridized carbons (Fsp3) is 0.0909. The van der Waals surface area contributed by atoms with E-state index >= 15 is 0 Å². The van der Waals surface area contributed by atoms with E-state index in [9.17, 15) is 0 Å².